The molecular weight excluding hydrogens is 383 g/mol. The van der Waals surface area contributed by atoms with Gasteiger partial charge in [0.1, 0.15) is 11.6 Å². The first kappa shape index (κ1) is 20.1. The number of benzene rings is 2. The molecule has 1 aliphatic rings. The maximum absolute atomic E-state index is 13.2. The van der Waals surface area contributed by atoms with Crippen LogP contribution in [0.5, 0.6) is 5.75 Å². The van der Waals surface area contributed by atoms with Crippen molar-refractivity contribution in [3.05, 3.63) is 64.4 Å². The van der Waals surface area contributed by atoms with Crippen molar-refractivity contribution < 1.29 is 18.7 Å². The molecular formula is C21H22ClFN2O3. The van der Waals surface area contributed by atoms with Crippen LogP contribution >= 0.6 is 11.6 Å². The summed E-state index contributed by atoms with van der Waals surface area (Å²) in [4.78, 5) is 28.3. The summed E-state index contributed by atoms with van der Waals surface area (Å²) in [7, 11) is 0. The van der Waals surface area contributed by atoms with Crippen LogP contribution in [0.25, 0.3) is 0 Å². The average Bonchev–Trinajstić information content (AvgIpc) is 2.72. The Morgan fingerprint density at radius 1 is 1.07 bits per heavy atom. The topological polar surface area (TPSA) is 49.9 Å². The molecule has 1 heterocycles. The van der Waals surface area contributed by atoms with Gasteiger partial charge in [-0.1, -0.05) is 36.7 Å². The van der Waals surface area contributed by atoms with Gasteiger partial charge in [-0.15, -0.1) is 0 Å². The molecule has 0 N–H and O–H groups in total. The lowest BCUT2D eigenvalue weighted by atomic mass is 10.1. The van der Waals surface area contributed by atoms with E-state index in [2.05, 4.69) is 0 Å². The quantitative estimate of drug-likeness (QED) is 0.767. The number of halogens is 2. The Morgan fingerprint density at radius 2 is 1.75 bits per heavy atom. The van der Waals surface area contributed by atoms with E-state index < -0.39 is 5.82 Å². The number of aryl methyl sites for hydroxylation is 1. The van der Waals surface area contributed by atoms with Gasteiger partial charge in [0.05, 0.1) is 10.6 Å². The number of hydrogen-bond acceptors (Lipinski definition) is 3. The average molecular weight is 405 g/mol. The van der Waals surface area contributed by atoms with Crippen LogP contribution < -0.4 is 4.74 Å². The molecule has 0 aromatic heterocycles. The Labute approximate surface area is 168 Å². The fourth-order valence-electron chi connectivity index (χ4n) is 3.16. The first-order valence-electron chi connectivity index (χ1n) is 9.22. The van der Waals surface area contributed by atoms with Crippen LogP contribution in [0, 0.1) is 5.82 Å². The van der Waals surface area contributed by atoms with E-state index in [1.54, 1.807) is 9.80 Å². The second kappa shape index (κ2) is 9.06. The van der Waals surface area contributed by atoms with Crippen LogP contribution in [-0.4, -0.2) is 54.4 Å². The maximum Gasteiger partial charge on any atom is 0.260 e. The number of amides is 2. The number of para-hydroxylation sites is 1. The fraction of sp³-hybridized carbons (Fsp3) is 0.333. The van der Waals surface area contributed by atoms with Crippen LogP contribution in [-0.2, 0) is 11.2 Å². The van der Waals surface area contributed by atoms with Gasteiger partial charge in [0.2, 0.25) is 0 Å². The van der Waals surface area contributed by atoms with Crippen LogP contribution in [0.3, 0.4) is 0 Å². The molecule has 0 spiro atoms. The first-order chi connectivity index (χ1) is 13.5. The van der Waals surface area contributed by atoms with Gasteiger partial charge >= 0.3 is 0 Å². The highest BCUT2D eigenvalue weighted by molar-refractivity contribution is 6.33. The van der Waals surface area contributed by atoms with Gasteiger partial charge in [0.15, 0.2) is 6.61 Å². The van der Waals surface area contributed by atoms with Crippen molar-refractivity contribution in [2.45, 2.75) is 13.3 Å². The third kappa shape index (κ3) is 4.62. The highest BCUT2D eigenvalue weighted by Gasteiger charge is 2.26. The van der Waals surface area contributed by atoms with Crippen molar-refractivity contribution in [1.82, 2.24) is 9.80 Å². The number of carbonyl (C=O) groups is 2. The molecule has 1 saturated heterocycles. The summed E-state index contributed by atoms with van der Waals surface area (Å²) < 4.78 is 18.9. The highest BCUT2D eigenvalue weighted by atomic mass is 35.5. The zero-order valence-electron chi connectivity index (χ0n) is 15.7. The lowest BCUT2D eigenvalue weighted by molar-refractivity contribution is -0.134. The van der Waals surface area contributed by atoms with Crippen molar-refractivity contribution >= 4 is 23.4 Å². The zero-order chi connectivity index (χ0) is 20.1. The smallest absolute Gasteiger partial charge is 0.260 e. The summed E-state index contributed by atoms with van der Waals surface area (Å²) in [5.41, 5.74) is 1.32. The Kier molecular flexibility index (Phi) is 6.52. The van der Waals surface area contributed by atoms with Crippen molar-refractivity contribution in [3.8, 4) is 5.75 Å². The molecule has 0 saturated carbocycles. The van der Waals surface area contributed by atoms with Gasteiger partial charge in [0, 0.05) is 26.2 Å². The van der Waals surface area contributed by atoms with Crippen molar-refractivity contribution in [2.24, 2.45) is 0 Å². The molecule has 3 rings (SSSR count). The molecule has 1 fully saturated rings. The summed E-state index contributed by atoms with van der Waals surface area (Å²) >= 11 is 5.98. The lowest BCUT2D eigenvalue weighted by Gasteiger charge is -2.35. The van der Waals surface area contributed by atoms with Crippen LogP contribution in [0.1, 0.15) is 22.8 Å². The van der Waals surface area contributed by atoms with E-state index in [4.69, 9.17) is 16.3 Å². The summed E-state index contributed by atoms with van der Waals surface area (Å²) in [6, 6.07) is 11.4. The molecule has 2 aromatic rings. The molecule has 148 valence electrons. The molecule has 2 aromatic carbocycles. The molecule has 0 aliphatic carbocycles. The standard InChI is InChI=1S/C21H22ClFN2O3/c1-2-15-5-3-4-6-19(15)28-14-20(26)24-9-11-25(12-10-24)21(27)17-8-7-16(23)13-18(17)22/h3-8,13H,2,9-12,14H2,1H3. The zero-order valence-corrected chi connectivity index (χ0v) is 16.4. The minimum atomic E-state index is -0.485. The Morgan fingerprint density at radius 3 is 2.43 bits per heavy atom. The van der Waals surface area contributed by atoms with E-state index in [0.29, 0.717) is 26.2 Å². The number of nitrogens with zero attached hydrogens (tertiary/aromatic N) is 2. The molecule has 28 heavy (non-hydrogen) atoms. The van der Waals surface area contributed by atoms with E-state index >= 15 is 0 Å². The Bertz CT molecular complexity index is 866. The minimum Gasteiger partial charge on any atom is -0.483 e. The summed E-state index contributed by atoms with van der Waals surface area (Å²) in [5, 5.41) is 0.0893. The molecule has 7 heteroatoms. The third-order valence-electron chi connectivity index (χ3n) is 4.79. The van der Waals surface area contributed by atoms with E-state index in [1.807, 2.05) is 31.2 Å². The van der Waals surface area contributed by atoms with Gasteiger partial charge in [-0.3, -0.25) is 9.59 Å². The van der Waals surface area contributed by atoms with E-state index in [1.165, 1.54) is 12.1 Å². The van der Waals surface area contributed by atoms with Gasteiger partial charge < -0.3 is 14.5 Å². The van der Waals surface area contributed by atoms with E-state index in [0.717, 1.165) is 23.8 Å². The second-order valence-electron chi connectivity index (χ2n) is 6.55. The monoisotopic (exact) mass is 404 g/mol. The molecule has 1 aliphatic heterocycles. The Balaban J connectivity index is 1.53. The maximum atomic E-state index is 13.2. The minimum absolute atomic E-state index is 0.0330. The van der Waals surface area contributed by atoms with Crippen LogP contribution in [0.2, 0.25) is 5.02 Å². The first-order valence-corrected chi connectivity index (χ1v) is 9.60. The van der Waals surface area contributed by atoms with Crippen molar-refractivity contribution in [3.63, 3.8) is 0 Å². The van der Waals surface area contributed by atoms with Gasteiger partial charge in [-0.05, 0) is 36.2 Å². The summed E-state index contributed by atoms with van der Waals surface area (Å²) in [6.45, 7) is 3.63. The Hall–Kier alpha value is -2.60. The lowest BCUT2D eigenvalue weighted by Crippen LogP contribution is -2.51. The molecule has 0 radical (unpaired) electrons. The second-order valence-corrected chi connectivity index (χ2v) is 6.95. The predicted molar refractivity (Wildman–Crippen MR) is 105 cm³/mol. The van der Waals surface area contributed by atoms with E-state index in [-0.39, 0.29) is 29.0 Å². The number of rotatable bonds is 5. The number of hydrogen-bond donors (Lipinski definition) is 0. The molecule has 0 atom stereocenters. The highest BCUT2D eigenvalue weighted by Crippen LogP contribution is 2.21. The normalized spacial score (nSPS) is 14.1. The molecule has 0 unspecified atom stereocenters. The van der Waals surface area contributed by atoms with Crippen molar-refractivity contribution in [2.75, 3.05) is 32.8 Å². The SMILES string of the molecule is CCc1ccccc1OCC(=O)N1CCN(C(=O)c2ccc(F)cc2Cl)CC1. The fourth-order valence-corrected chi connectivity index (χ4v) is 3.41. The number of ether oxygens (including phenoxy) is 1. The van der Waals surface area contributed by atoms with Crippen LogP contribution in [0.15, 0.2) is 42.5 Å². The predicted octanol–water partition coefficient (Wildman–Crippen LogP) is 3.40. The molecule has 5 nitrogen and oxygen atoms in total. The third-order valence-corrected chi connectivity index (χ3v) is 5.10. The van der Waals surface area contributed by atoms with Crippen LogP contribution in [0.4, 0.5) is 4.39 Å². The number of piperazine rings is 1. The number of carbonyl (C=O) groups excluding carboxylic acids is 2. The largest absolute Gasteiger partial charge is 0.483 e. The van der Waals surface area contributed by atoms with Crippen molar-refractivity contribution in [1.29, 1.82) is 0 Å². The molecule has 2 amide bonds. The molecule has 0 bridgehead atoms. The van der Waals surface area contributed by atoms with Gasteiger partial charge in [-0.2, -0.15) is 0 Å². The summed E-state index contributed by atoms with van der Waals surface area (Å²) in [5.74, 6) is -0.136. The summed E-state index contributed by atoms with van der Waals surface area (Å²) in [6.07, 6.45) is 0.830. The van der Waals surface area contributed by atoms with E-state index in [9.17, 15) is 14.0 Å². The van der Waals surface area contributed by atoms with Gasteiger partial charge in [0.25, 0.3) is 11.8 Å². The van der Waals surface area contributed by atoms with Gasteiger partial charge in [-0.25, -0.2) is 4.39 Å².